The summed E-state index contributed by atoms with van der Waals surface area (Å²) in [7, 11) is 0. The fraction of sp³-hybridized carbons (Fsp3) is 0.0435. The number of benzene rings is 3. The first kappa shape index (κ1) is 18.3. The normalized spacial score (nSPS) is 10.6. The second kappa shape index (κ2) is 7.90. The standard InChI is InChI=1S/C23H16N2O4/c26-23(20-12-19-6-1-2-10-22(19)24-14-20)29-15-16-5-3-7-17(11-16)18-8-4-9-21(13-18)25(27)28/h1-14H,15H2. The molecule has 3 aromatic carbocycles. The van der Waals surface area contributed by atoms with Crippen molar-refractivity contribution in [2.75, 3.05) is 0 Å². The van der Waals surface area contributed by atoms with Crippen molar-refractivity contribution in [1.82, 2.24) is 4.98 Å². The number of nitro groups is 1. The maximum Gasteiger partial charge on any atom is 0.340 e. The molecule has 0 aliphatic heterocycles. The highest BCUT2D eigenvalue weighted by molar-refractivity contribution is 5.93. The predicted octanol–water partition coefficient (Wildman–Crippen LogP) is 5.17. The summed E-state index contributed by atoms with van der Waals surface area (Å²) in [6, 6.07) is 23.1. The molecule has 0 fully saturated rings. The van der Waals surface area contributed by atoms with Gasteiger partial charge < -0.3 is 4.74 Å². The van der Waals surface area contributed by atoms with Gasteiger partial charge in [0.25, 0.3) is 5.69 Å². The molecular weight excluding hydrogens is 368 g/mol. The highest BCUT2D eigenvalue weighted by atomic mass is 16.6. The van der Waals surface area contributed by atoms with Crippen LogP contribution in [0.15, 0.2) is 85.1 Å². The number of non-ortho nitro benzene ring substituents is 1. The molecule has 0 saturated heterocycles. The molecule has 0 spiro atoms. The van der Waals surface area contributed by atoms with Crippen LogP contribution in [0.3, 0.4) is 0 Å². The third-order valence-corrected chi connectivity index (χ3v) is 4.51. The summed E-state index contributed by atoms with van der Waals surface area (Å²) in [5, 5.41) is 11.9. The van der Waals surface area contributed by atoms with E-state index in [-0.39, 0.29) is 12.3 Å². The highest BCUT2D eigenvalue weighted by Gasteiger charge is 2.11. The molecule has 0 saturated carbocycles. The Balaban J connectivity index is 1.50. The zero-order valence-corrected chi connectivity index (χ0v) is 15.3. The van der Waals surface area contributed by atoms with E-state index in [0.717, 1.165) is 27.6 Å². The van der Waals surface area contributed by atoms with Gasteiger partial charge in [-0.1, -0.05) is 48.5 Å². The highest BCUT2D eigenvalue weighted by Crippen LogP contribution is 2.25. The minimum Gasteiger partial charge on any atom is -0.457 e. The molecule has 0 bridgehead atoms. The first-order valence-electron chi connectivity index (χ1n) is 8.96. The summed E-state index contributed by atoms with van der Waals surface area (Å²) in [5.41, 5.74) is 3.56. The largest absolute Gasteiger partial charge is 0.457 e. The van der Waals surface area contributed by atoms with Gasteiger partial charge in [-0.05, 0) is 34.9 Å². The Morgan fingerprint density at radius 3 is 2.52 bits per heavy atom. The van der Waals surface area contributed by atoms with Gasteiger partial charge in [0.2, 0.25) is 0 Å². The number of esters is 1. The molecule has 0 atom stereocenters. The average molecular weight is 384 g/mol. The summed E-state index contributed by atoms with van der Waals surface area (Å²) >= 11 is 0. The number of hydrogen-bond acceptors (Lipinski definition) is 5. The van der Waals surface area contributed by atoms with Crippen molar-refractivity contribution in [3.05, 3.63) is 106 Å². The molecule has 29 heavy (non-hydrogen) atoms. The first-order valence-corrected chi connectivity index (χ1v) is 8.96. The first-order chi connectivity index (χ1) is 14.1. The number of carbonyl (C=O) groups excluding carboxylic acids is 1. The molecule has 0 amide bonds. The van der Waals surface area contributed by atoms with Crippen LogP contribution in [0.4, 0.5) is 5.69 Å². The lowest BCUT2D eigenvalue weighted by atomic mass is 10.0. The molecule has 0 aliphatic rings. The quantitative estimate of drug-likeness (QED) is 0.269. The summed E-state index contributed by atoms with van der Waals surface area (Å²) in [6.45, 7) is 0.0917. The van der Waals surface area contributed by atoms with Gasteiger partial charge in [0.1, 0.15) is 6.61 Å². The smallest absolute Gasteiger partial charge is 0.340 e. The molecule has 0 aliphatic carbocycles. The van der Waals surface area contributed by atoms with E-state index in [4.69, 9.17) is 4.74 Å². The van der Waals surface area contributed by atoms with E-state index in [9.17, 15) is 14.9 Å². The van der Waals surface area contributed by atoms with Gasteiger partial charge in [0, 0.05) is 23.7 Å². The Morgan fingerprint density at radius 1 is 0.931 bits per heavy atom. The number of aromatic nitrogens is 1. The van der Waals surface area contributed by atoms with Crippen LogP contribution in [0, 0.1) is 10.1 Å². The van der Waals surface area contributed by atoms with Crippen LogP contribution < -0.4 is 0 Å². The van der Waals surface area contributed by atoms with Crippen LogP contribution in [0.25, 0.3) is 22.0 Å². The second-order valence-electron chi connectivity index (χ2n) is 6.50. The van der Waals surface area contributed by atoms with E-state index in [0.29, 0.717) is 5.56 Å². The summed E-state index contributed by atoms with van der Waals surface area (Å²) in [4.78, 5) is 27.2. The Bertz CT molecular complexity index is 1220. The molecule has 0 unspecified atom stereocenters. The fourth-order valence-corrected chi connectivity index (χ4v) is 3.05. The third-order valence-electron chi connectivity index (χ3n) is 4.51. The number of para-hydroxylation sites is 1. The minimum atomic E-state index is -0.455. The SMILES string of the molecule is O=C(OCc1cccc(-c2cccc([N+](=O)[O-])c2)c1)c1cnc2ccccc2c1. The fourth-order valence-electron chi connectivity index (χ4n) is 3.05. The minimum absolute atomic E-state index is 0.0307. The average Bonchev–Trinajstić information content (AvgIpc) is 2.77. The predicted molar refractivity (Wildman–Crippen MR) is 109 cm³/mol. The lowest BCUT2D eigenvalue weighted by Gasteiger charge is -2.08. The van der Waals surface area contributed by atoms with Crippen molar-refractivity contribution in [3.8, 4) is 11.1 Å². The zero-order chi connectivity index (χ0) is 20.2. The molecule has 0 radical (unpaired) electrons. The Hall–Kier alpha value is -4.06. The lowest BCUT2D eigenvalue weighted by Crippen LogP contribution is -2.06. The van der Waals surface area contributed by atoms with Crippen LogP contribution in [0.2, 0.25) is 0 Å². The molecule has 6 heteroatoms. The number of ether oxygens (including phenoxy) is 1. The van der Waals surface area contributed by atoms with Crippen molar-refractivity contribution in [2.24, 2.45) is 0 Å². The van der Waals surface area contributed by atoms with E-state index in [1.54, 1.807) is 18.2 Å². The summed E-state index contributed by atoms with van der Waals surface area (Å²) in [5.74, 6) is -0.455. The van der Waals surface area contributed by atoms with Crippen molar-refractivity contribution < 1.29 is 14.5 Å². The van der Waals surface area contributed by atoms with Crippen LogP contribution in [0.1, 0.15) is 15.9 Å². The van der Waals surface area contributed by atoms with E-state index >= 15 is 0 Å². The van der Waals surface area contributed by atoms with Gasteiger partial charge in [-0.3, -0.25) is 15.1 Å². The molecule has 142 valence electrons. The molecule has 6 nitrogen and oxygen atoms in total. The maximum atomic E-state index is 12.4. The van der Waals surface area contributed by atoms with Crippen LogP contribution in [-0.2, 0) is 11.3 Å². The van der Waals surface area contributed by atoms with Crippen molar-refractivity contribution >= 4 is 22.6 Å². The maximum absolute atomic E-state index is 12.4. The van der Waals surface area contributed by atoms with Gasteiger partial charge in [-0.15, -0.1) is 0 Å². The number of rotatable bonds is 5. The molecule has 0 N–H and O–H groups in total. The van der Waals surface area contributed by atoms with Gasteiger partial charge in [-0.25, -0.2) is 4.79 Å². The lowest BCUT2D eigenvalue weighted by molar-refractivity contribution is -0.384. The Labute approximate surface area is 166 Å². The van der Waals surface area contributed by atoms with Crippen LogP contribution in [-0.4, -0.2) is 15.9 Å². The summed E-state index contributed by atoms with van der Waals surface area (Å²) < 4.78 is 5.43. The number of hydrogen-bond donors (Lipinski definition) is 0. The third kappa shape index (κ3) is 4.11. The molecule has 4 rings (SSSR count). The van der Waals surface area contributed by atoms with Crippen LogP contribution >= 0.6 is 0 Å². The van der Waals surface area contributed by atoms with Crippen LogP contribution in [0.5, 0.6) is 0 Å². The zero-order valence-electron chi connectivity index (χ0n) is 15.3. The number of pyridine rings is 1. The van der Waals surface area contributed by atoms with Crippen molar-refractivity contribution in [2.45, 2.75) is 6.61 Å². The van der Waals surface area contributed by atoms with Gasteiger partial charge >= 0.3 is 5.97 Å². The van der Waals surface area contributed by atoms with E-state index in [2.05, 4.69) is 4.98 Å². The number of carbonyl (C=O) groups is 1. The Morgan fingerprint density at radius 2 is 1.69 bits per heavy atom. The molecule has 1 heterocycles. The molecular formula is C23H16N2O4. The Kier molecular flexibility index (Phi) is 4.99. The molecule has 4 aromatic rings. The summed E-state index contributed by atoms with van der Waals surface area (Å²) in [6.07, 6.45) is 1.50. The van der Waals surface area contributed by atoms with Gasteiger partial charge in [0.15, 0.2) is 0 Å². The molecule has 1 aromatic heterocycles. The number of nitrogens with zero attached hydrogens (tertiary/aromatic N) is 2. The second-order valence-corrected chi connectivity index (χ2v) is 6.50. The van der Waals surface area contributed by atoms with E-state index in [1.807, 2.05) is 48.5 Å². The van der Waals surface area contributed by atoms with Gasteiger partial charge in [-0.2, -0.15) is 0 Å². The monoisotopic (exact) mass is 384 g/mol. The van der Waals surface area contributed by atoms with Crippen molar-refractivity contribution in [3.63, 3.8) is 0 Å². The number of fused-ring (bicyclic) bond motifs is 1. The number of nitro benzene ring substituents is 1. The van der Waals surface area contributed by atoms with Crippen molar-refractivity contribution in [1.29, 1.82) is 0 Å². The van der Waals surface area contributed by atoms with E-state index in [1.165, 1.54) is 18.3 Å². The van der Waals surface area contributed by atoms with E-state index < -0.39 is 10.9 Å². The van der Waals surface area contributed by atoms with Gasteiger partial charge in [0.05, 0.1) is 16.0 Å². The topological polar surface area (TPSA) is 82.3 Å².